The summed E-state index contributed by atoms with van der Waals surface area (Å²) >= 11 is 0. The molecule has 6 nitrogen and oxygen atoms in total. The zero-order valence-corrected chi connectivity index (χ0v) is 10.6. The molecule has 3 N–H and O–H groups in total. The van der Waals surface area contributed by atoms with Crippen molar-refractivity contribution >= 4 is 29.1 Å². The minimum absolute atomic E-state index is 0.0243. The molecule has 0 fully saturated rings. The van der Waals surface area contributed by atoms with Crippen LogP contribution in [0.25, 0.3) is 10.9 Å². The maximum Gasteiger partial charge on any atom is 0.328 e. The molecule has 0 unspecified atom stereocenters. The Bertz CT molecular complexity index is 660. The molecule has 0 amide bonds. The van der Waals surface area contributed by atoms with Gasteiger partial charge in [-0.2, -0.15) is 0 Å². The summed E-state index contributed by atoms with van der Waals surface area (Å²) in [5.41, 5.74) is 1.72. The maximum atomic E-state index is 11.0. The van der Waals surface area contributed by atoms with E-state index >= 15 is 0 Å². The lowest BCUT2D eigenvalue weighted by molar-refractivity contribution is -0.139. The molecule has 0 spiro atoms. The van der Waals surface area contributed by atoms with Gasteiger partial charge in [0, 0.05) is 35.3 Å². The SMILES string of the molecule is O=C(O)CC[C@H](N=Cc1c[nH]c2ccccc12)C(=O)O. The molecule has 1 heterocycles. The lowest BCUT2D eigenvalue weighted by Crippen LogP contribution is -2.19. The molecule has 2 rings (SSSR count). The Morgan fingerprint density at radius 3 is 2.75 bits per heavy atom. The molecule has 0 aliphatic carbocycles. The molecular formula is C14H14N2O4. The number of aliphatic imine (C=N–C) groups is 1. The Morgan fingerprint density at radius 1 is 1.30 bits per heavy atom. The summed E-state index contributed by atoms with van der Waals surface area (Å²) in [4.78, 5) is 28.5. The van der Waals surface area contributed by atoms with Crippen molar-refractivity contribution in [1.82, 2.24) is 4.98 Å². The van der Waals surface area contributed by atoms with Crippen molar-refractivity contribution in [3.8, 4) is 0 Å². The molecule has 104 valence electrons. The third kappa shape index (κ3) is 3.23. The van der Waals surface area contributed by atoms with Gasteiger partial charge >= 0.3 is 11.9 Å². The predicted molar refractivity (Wildman–Crippen MR) is 74.2 cm³/mol. The zero-order valence-electron chi connectivity index (χ0n) is 10.6. The van der Waals surface area contributed by atoms with Crippen LogP contribution < -0.4 is 0 Å². The molecule has 0 radical (unpaired) electrons. The van der Waals surface area contributed by atoms with Gasteiger partial charge in [0.2, 0.25) is 0 Å². The Balaban J connectivity index is 2.17. The first-order chi connectivity index (χ1) is 9.58. The normalized spacial score (nSPS) is 12.8. The summed E-state index contributed by atoms with van der Waals surface area (Å²) in [5.74, 6) is -2.15. The van der Waals surface area contributed by atoms with Crippen molar-refractivity contribution in [2.45, 2.75) is 18.9 Å². The average molecular weight is 274 g/mol. The number of nitrogens with one attached hydrogen (secondary N) is 1. The Morgan fingerprint density at radius 2 is 2.05 bits per heavy atom. The topological polar surface area (TPSA) is 103 Å². The van der Waals surface area contributed by atoms with Crippen molar-refractivity contribution in [2.24, 2.45) is 4.99 Å². The quantitative estimate of drug-likeness (QED) is 0.700. The van der Waals surface area contributed by atoms with E-state index in [0.717, 1.165) is 16.5 Å². The highest BCUT2D eigenvalue weighted by atomic mass is 16.4. The van der Waals surface area contributed by atoms with Crippen LogP contribution in [0.15, 0.2) is 35.5 Å². The van der Waals surface area contributed by atoms with Crippen LogP contribution in [0, 0.1) is 0 Å². The molecule has 1 atom stereocenters. The Kier molecular flexibility index (Phi) is 4.14. The van der Waals surface area contributed by atoms with Gasteiger partial charge in [-0.15, -0.1) is 0 Å². The fourth-order valence-corrected chi connectivity index (χ4v) is 1.89. The lowest BCUT2D eigenvalue weighted by Gasteiger charge is -2.04. The molecule has 20 heavy (non-hydrogen) atoms. The van der Waals surface area contributed by atoms with Crippen molar-refractivity contribution < 1.29 is 19.8 Å². The van der Waals surface area contributed by atoms with E-state index in [9.17, 15) is 9.59 Å². The van der Waals surface area contributed by atoms with Crippen LogP contribution in [0.3, 0.4) is 0 Å². The number of para-hydroxylation sites is 1. The molecule has 0 saturated carbocycles. The van der Waals surface area contributed by atoms with Crippen LogP contribution in [-0.2, 0) is 9.59 Å². The van der Waals surface area contributed by atoms with Gasteiger partial charge in [0.15, 0.2) is 0 Å². The number of carbonyl (C=O) groups is 2. The largest absolute Gasteiger partial charge is 0.481 e. The van der Waals surface area contributed by atoms with Gasteiger partial charge in [-0.3, -0.25) is 9.79 Å². The molecule has 1 aromatic carbocycles. The number of carboxylic acids is 2. The fourth-order valence-electron chi connectivity index (χ4n) is 1.89. The predicted octanol–water partition coefficient (Wildman–Crippen LogP) is 1.90. The molecular weight excluding hydrogens is 260 g/mol. The first-order valence-corrected chi connectivity index (χ1v) is 6.12. The molecule has 0 aliphatic heterocycles. The number of benzene rings is 1. The van der Waals surface area contributed by atoms with Crippen LogP contribution in [0.4, 0.5) is 0 Å². The highest BCUT2D eigenvalue weighted by Gasteiger charge is 2.16. The van der Waals surface area contributed by atoms with Crippen LogP contribution >= 0.6 is 0 Å². The first-order valence-electron chi connectivity index (χ1n) is 6.12. The number of aromatic nitrogens is 1. The highest BCUT2D eigenvalue weighted by molar-refractivity contribution is 5.99. The number of hydrogen-bond acceptors (Lipinski definition) is 3. The molecule has 0 aliphatic rings. The monoisotopic (exact) mass is 274 g/mol. The summed E-state index contributed by atoms with van der Waals surface area (Å²) in [6.07, 6.45) is 2.97. The van der Waals surface area contributed by atoms with E-state index in [1.165, 1.54) is 6.21 Å². The standard InChI is InChI=1S/C14H14N2O4/c17-13(18)6-5-12(14(19)20)16-8-9-7-15-11-4-2-1-3-10(9)11/h1-4,7-8,12,15H,5-6H2,(H,17,18)(H,19,20)/t12-/m0/s1. The van der Waals surface area contributed by atoms with Gasteiger partial charge < -0.3 is 15.2 Å². The van der Waals surface area contributed by atoms with Crippen LogP contribution in [0.2, 0.25) is 0 Å². The lowest BCUT2D eigenvalue weighted by atomic mass is 10.1. The third-order valence-corrected chi connectivity index (χ3v) is 2.93. The van der Waals surface area contributed by atoms with Crippen molar-refractivity contribution in [3.63, 3.8) is 0 Å². The second-order valence-corrected chi connectivity index (χ2v) is 4.35. The van der Waals surface area contributed by atoms with E-state index < -0.39 is 18.0 Å². The molecule has 6 heteroatoms. The van der Waals surface area contributed by atoms with Gasteiger partial charge in [0.25, 0.3) is 0 Å². The summed E-state index contributed by atoms with van der Waals surface area (Å²) in [6.45, 7) is 0. The van der Waals surface area contributed by atoms with E-state index in [2.05, 4.69) is 9.98 Å². The smallest absolute Gasteiger partial charge is 0.328 e. The van der Waals surface area contributed by atoms with Gasteiger partial charge in [0.05, 0.1) is 0 Å². The Hall–Kier alpha value is -2.63. The number of H-pyrrole nitrogens is 1. The van der Waals surface area contributed by atoms with E-state index in [4.69, 9.17) is 10.2 Å². The van der Waals surface area contributed by atoms with E-state index in [1.807, 2.05) is 24.3 Å². The minimum Gasteiger partial charge on any atom is -0.481 e. The summed E-state index contributed by atoms with van der Waals surface area (Å²) in [6, 6.07) is 6.55. The second kappa shape index (κ2) is 6.01. The number of rotatable bonds is 6. The zero-order chi connectivity index (χ0) is 14.5. The number of hydrogen-bond donors (Lipinski definition) is 3. The molecule has 0 bridgehead atoms. The first kappa shape index (κ1) is 13.8. The van der Waals surface area contributed by atoms with Gasteiger partial charge in [-0.1, -0.05) is 18.2 Å². The van der Waals surface area contributed by atoms with Crippen LogP contribution in [0.5, 0.6) is 0 Å². The number of fused-ring (bicyclic) bond motifs is 1. The second-order valence-electron chi connectivity index (χ2n) is 4.35. The number of aliphatic carboxylic acids is 2. The summed E-state index contributed by atoms with van der Waals surface area (Å²) in [5, 5.41) is 18.5. The third-order valence-electron chi connectivity index (χ3n) is 2.93. The molecule has 0 saturated heterocycles. The summed E-state index contributed by atoms with van der Waals surface area (Å²) in [7, 11) is 0. The Labute approximate surface area is 114 Å². The summed E-state index contributed by atoms with van der Waals surface area (Å²) < 4.78 is 0. The molecule has 2 aromatic rings. The number of carboxylic acid groups (broad SMARTS) is 2. The van der Waals surface area contributed by atoms with Gasteiger partial charge in [-0.05, 0) is 12.5 Å². The number of nitrogens with zero attached hydrogens (tertiary/aromatic N) is 1. The fraction of sp³-hybridized carbons (Fsp3) is 0.214. The van der Waals surface area contributed by atoms with Crippen LogP contribution in [-0.4, -0.2) is 39.4 Å². The van der Waals surface area contributed by atoms with Gasteiger partial charge in [-0.25, -0.2) is 4.79 Å². The maximum absolute atomic E-state index is 11.0. The van der Waals surface area contributed by atoms with Crippen molar-refractivity contribution in [2.75, 3.05) is 0 Å². The average Bonchev–Trinajstić information content (AvgIpc) is 2.81. The van der Waals surface area contributed by atoms with E-state index in [0.29, 0.717) is 0 Å². The number of aromatic amines is 1. The van der Waals surface area contributed by atoms with Crippen molar-refractivity contribution in [3.05, 3.63) is 36.0 Å². The van der Waals surface area contributed by atoms with E-state index in [-0.39, 0.29) is 12.8 Å². The van der Waals surface area contributed by atoms with Gasteiger partial charge in [0.1, 0.15) is 6.04 Å². The van der Waals surface area contributed by atoms with E-state index in [1.54, 1.807) is 6.20 Å². The molecule has 1 aromatic heterocycles. The highest BCUT2D eigenvalue weighted by Crippen LogP contribution is 2.16. The van der Waals surface area contributed by atoms with Crippen molar-refractivity contribution in [1.29, 1.82) is 0 Å². The minimum atomic E-state index is -1.12. The van der Waals surface area contributed by atoms with Crippen LogP contribution in [0.1, 0.15) is 18.4 Å².